The van der Waals surface area contributed by atoms with Crippen LogP contribution in [0.1, 0.15) is 72.0 Å². The summed E-state index contributed by atoms with van der Waals surface area (Å²) >= 11 is 0. The Bertz CT molecular complexity index is 1370. The molecule has 1 aliphatic rings. The Kier molecular flexibility index (Phi) is 10.5. The van der Waals surface area contributed by atoms with Crippen LogP contribution in [0.25, 0.3) is 11.2 Å². The number of hydrogen-bond acceptors (Lipinski definition) is 8. The van der Waals surface area contributed by atoms with Crippen molar-refractivity contribution in [1.82, 2.24) is 24.2 Å². The van der Waals surface area contributed by atoms with E-state index in [-0.39, 0.29) is 29.1 Å². The highest BCUT2D eigenvalue weighted by Gasteiger charge is 2.49. The number of nitrogens with zero attached hydrogens (tertiary/aromatic N) is 5. The molecule has 2 unspecified atom stereocenters. The van der Waals surface area contributed by atoms with Crippen LogP contribution in [0.3, 0.4) is 0 Å². The van der Waals surface area contributed by atoms with E-state index in [4.69, 9.17) is 13.7 Å². The summed E-state index contributed by atoms with van der Waals surface area (Å²) in [7, 11) is -2.97. The number of aromatic nitrogens is 4. The lowest BCUT2D eigenvalue weighted by Gasteiger charge is -2.40. The first-order valence-corrected chi connectivity index (χ1v) is 19.7. The molecule has 0 radical (unpaired) electrons. The zero-order valence-corrected chi connectivity index (χ0v) is 29.4. The van der Waals surface area contributed by atoms with Crippen molar-refractivity contribution in [3.8, 4) is 0 Å². The summed E-state index contributed by atoms with van der Waals surface area (Å²) in [5.41, 5.74) is 1.61. The number of carbonyl (C=O) groups excluding carboxylic acids is 1. The zero-order chi connectivity index (χ0) is 31.7. The average Bonchev–Trinajstić information content (AvgIpc) is 3.48. The van der Waals surface area contributed by atoms with Crippen LogP contribution >= 0.6 is 8.30 Å². The van der Waals surface area contributed by atoms with E-state index in [1.165, 1.54) is 6.33 Å². The summed E-state index contributed by atoms with van der Waals surface area (Å²) in [6, 6.07) is 9.81. The first-order chi connectivity index (χ1) is 20.1. The van der Waals surface area contributed by atoms with Crippen LogP contribution in [0.5, 0.6) is 0 Å². The maximum Gasteiger partial charge on any atom is 0.256 e. The number of nitrogens with one attached hydrogen (secondary N) is 1. The predicted octanol–water partition coefficient (Wildman–Crippen LogP) is 7.08. The van der Waals surface area contributed by atoms with Gasteiger partial charge in [-0.1, -0.05) is 45.9 Å². The Hall–Kier alpha value is -2.27. The van der Waals surface area contributed by atoms with Gasteiger partial charge in [-0.05, 0) is 64.6 Å². The van der Waals surface area contributed by atoms with E-state index in [1.807, 2.05) is 22.8 Å². The normalized spacial score (nSPS) is 22.2. The average molecular weight is 629 g/mol. The number of amides is 1. The number of anilines is 1. The molecular formula is C31H49N6O4PSi. The first-order valence-electron chi connectivity index (χ1n) is 15.1. The summed E-state index contributed by atoms with van der Waals surface area (Å²) in [4.78, 5) is 26.5. The summed E-state index contributed by atoms with van der Waals surface area (Å²) in [5.74, 6) is 0.153. The summed E-state index contributed by atoms with van der Waals surface area (Å²) in [6.45, 7) is 24.9. The maximum absolute atomic E-state index is 12.9. The molecule has 3 aromatic rings. The second-order valence-electron chi connectivity index (χ2n) is 13.5. The van der Waals surface area contributed by atoms with Crippen LogP contribution in [-0.2, 0) is 13.7 Å². The van der Waals surface area contributed by atoms with Gasteiger partial charge in [0.25, 0.3) is 5.91 Å². The minimum atomic E-state index is -2.17. The van der Waals surface area contributed by atoms with Gasteiger partial charge < -0.3 is 19.0 Å². The van der Waals surface area contributed by atoms with Gasteiger partial charge in [0.05, 0.1) is 25.1 Å². The molecule has 0 aliphatic carbocycles. The molecule has 1 amide bonds. The first kappa shape index (κ1) is 33.6. The molecule has 3 heterocycles. The van der Waals surface area contributed by atoms with Gasteiger partial charge in [0.1, 0.15) is 14.6 Å². The monoisotopic (exact) mass is 628 g/mol. The van der Waals surface area contributed by atoms with Crippen LogP contribution < -0.4 is 5.32 Å². The molecule has 1 aromatic carbocycles. The standard InChI is InChI=1S/C31H49N6O4PSi/c1-20(2)37(21(3)4)42(9)39-17-24-22(5)26(41-43(10,11)31(6,7)8)30(40-24)36-19-34-25-27(32-18-33-28(25)36)35-29(38)23-15-13-12-14-16-23/h12-16,18-22,24,26,30H,17H2,1-11H3,(H,32,33,35,38)/t22-,24?,26-,30+,42?/m0/s1. The van der Waals surface area contributed by atoms with E-state index in [1.54, 1.807) is 18.5 Å². The Morgan fingerprint density at radius 1 is 1.12 bits per heavy atom. The van der Waals surface area contributed by atoms with E-state index in [0.717, 1.165) is 0 Å². The van der Waals surface area contributed by atoms with Gasteiger partial charge in [-0.25, -0.2) is 15.0 Å². The molecule has 0 spiro atoms. The van der Waals surface area contributed by atoms with E-state index in [9.17, 15) is 4.79 Å². The van der Waals surface area contributed by atoms with E-state index >= 15 is 0 Å². The molecule has 1 saturated heterocycles. The molecule has 5 atom stereocenters. The van der Waals surface area contributed by atoms with Crippen LogP contribution in [-0.4, -0.2) is 76.0 Å². The van der Waals surface area contributed by atoms with Crippen LogP contribution in [0.15, 0.2) is 43.0 Å². The molecule has 1 N–H and O–H groups in total. The molecule has 10 nitrogen and oxygen atoms in total. The number of benzene rings is 1. The van der Waals surface area contributed by atoms with E-state index in [0.29, 0.717) is 41.2 Å². The second kappa shape index (κ2) is 13.4. The van der Waals surface area contributed by atoms with E-state index < -0.39 is 22.8 Å². The number of fused-ring (bicyclic) bond motifs is 1. The highest BCUT2D eigenvalue weighted by molar-refractivity contribution is 7.49. The van der Waals surface area contributed by atoms with Crippen molar-refractivity contribution >= 4 is 39.5 Å². The zero-order valence-electron chi connectivity index (χ0n) is 27.5. The van der Waals surface area contributed by atoms with Gasteiger partial charge in [0, 0.05) is 23.6 Å². The van der Waals surface area contributed by atoms with Gasteiger partial charge in [0.15, 0.2) is 31.5 Å². The number of carbonyl (C=O) groups is 1. The molecule has 1 aliphatic heterocycles. The highest BCUT2D eigenvalue weighted by atomic mass is 31.2. The van der Waals surface area contributed by atoms with Crippen LogP contribution in [0.2, 0.25) is 18.1 Å². The molecule has 0 bridgehead atoms. The van der Waals surface area contributed by atoms with Crippen molar-refractivity contribution < 1.29 is 18.5 Å². The summed E-state index contributed by atoms with van der Waals surface area (Å²) in [6.07, 6.45) is 2.28. The lowest BCUT2D eigenvalue weighted by Crippen LogP contribution is -2.46. The van der Waals surface area contributed by atoms with Gasteiger partial charge >= 0.3 is 0 Å². The van der Waals surface area contributed by atoms with Crippen molar-refractivity contribution in [3.63, 3.8) is 0 Å². The number of hydrogen-bond donors (Lipinski definition) is 1. The molecule has 1 fully saturated rings. The minimum absolute atomic E-state index is 0.0205. The molecule has 4 rings (SSSR count). The van der Waals surface area contributed by atoms with Crippen LogP contribution in [0, 0.1) is 5.92 Å². The Balaban J connectivity index is 1.64. The van der Waals surface area contributed by atoms with Crippen molar-refractivity contribution in [2.45, 2.75) is 104 Å². The van der Waals surface area contributed by atoms with Gasteiger partial charge in [0.2, 0.25) is 0 Å². The van der Waals surface area contributed by atoms with Crippen molar-refractivity contribution in [2.24, 2.45) is 5.92 Å². The molecular weight excluding hydrogens is 579 g/mol. The SMILES string of the molecule is CC(C)N(C(C)C)P(C)OCC1O[C@@H](n2cnc3c(NC(=O)c4ccccc4)ncnc32)[C@@H](O[Si](C)(C)C(C)(C)C)[C@H]1C. The van der Waals surface area contributed by atoms with E-state index in [2.05, 4.69) is 100 Å². The second-order valence-corrected chi connectivity index (χ2v) is 19.9. The minimum Gasteiger partial charge on any atom is -0.409 e. The Labute approximate surface area is 258 Å². The van der Waals surface area contributed by atoms with Crippen molar-refractivity contribution in [1.29, 1.82) is 0 Å². The fourth-order valence-electron chi connectivity index (χ4n) is 5.34. The van der Waals surface area contributed by atoms with Crippen molar-refractivity contribution in [2.75, 3.05) is 18.6 Å². The Morgan fingerprint density at radius 3 is 2.37 bits per heavy atom. The van der Waals surface area contributed by atoms with Crippen molar-refractivity contribution in [3.05, 3.63) is 48.5 Å². The van der Waals surface area contributed by atoms with Gasteiger partial charge in [-0.2, -0.15) is 0 Å². The number of rotatable bonds is 11. The third-order valence-corrected chi connectivity index (χ3v) is 15.2. The van der Waals surface area contributed by atoms with Gasteiger partial charge in [-0.15, -0.1) is 0 Å². The third kappa shape index (κ3) is 7.35. The number of imidazole rings is 1. The van der Waals surface area contributed by atoms with Gasteiger partial charge in [-0.3, -0.25) is 14.0 Å². The molecule has 2 aromatic heterocycles. The fraction of sp³-hybridized carbons (Fsp3) is 0.613. The highest BCUT2D eigenvalue weighted by Crippen LogP contribution is 2.46. The molecule has 43 heavy (non-hydrogen) atoms. The number of ether oxygens (including phenoxy) is 1. The molecule has 236 valence electrons. The summed E-state index contributed by atoms with van der Waals surface area (Å²) < 4.78 is 24.7. The third-order valence-electron chi connectivity index (χ3n) is 8.65. The quantitative estimate of drug-likeness (QED) is 0.178. The lowest BCUT2D eigenvalue weighted by molar-refractivity contribution is -0.0432. The molecule has 0 saturated carbocycles. The smallest absolute Gasteiger partial charge is 0.256 e. The lowest BCUT2D eigenvalue weighted by atomic mass is 10.0. The summed E-state index contributed by atoms with van der Waals surface area (Å²) in [5, 5.41) is 2.92. The fourth-order valence-corrected chi connectivity index (χ4v) is 8.50. The topological polar surface area (TPSA) is 104 Å². The van der Waals surface area contributed by atoms with Crippen LogP contribution in [0.4, 0.5) is 5.82 Å². The maximum atomic E-state index is 12.9. The largest absolute Gasteiger partial charge is 0.409 e. The molecule has 12 heteroatoms. The predicted molar refractivity (Wildman–Crippen MR) is 176 cm³/mol. The Morgan fingerprint density at radius 2 is 1.77 bits per heavy atom.